The number of benzene rings is 1. The monoisotopic (exact) mass is 234 g/mol. The predicted octanol–water partition coefficient (Wildman–Crippen LogP) is 2.51. The van der Waals surface area contributed by atoms with Gasteiger partial charge in [0.2, 0.25) is 0 Å². The first kappa shape index (κ1) is 13.0. The highest BCUT2D eigenvalue weighted by atomic mass is 19.4. The van der Waals surface area contributed by atoms with E-state index in [1.165, 1.54) is 12.1 Å². The molecule has 0 aliphatic rings. The van der Waals surface area contributed by atoms with E-state index in [9.17, 15) is 18.3 Å². The summed E-state index contributed by atoms with van der Waals surface area (Å²) >= 11 is 0. The lowest BCUT2D eigenvalue weighted by atomic mass is 10.0. The minimum absolute atomic E-state index is 0.0440. The van der Waals surface area contributed by atoms with Crippen LogP contribution in [0.5, 0.6) is 0 Å². The second-order valence-electron chi connectivity index (χ2n) is 3.50. The van der Waals surface area contributed by atoms with Gasteiger partial charge in [-0.1, -0.05) is 12.1 Å². The summed E-state index contributed by atoms with van der Waals surface area (Å²) in [5, 5.41) is 18.1. The Morgan fingerprint density at radius 3 is 2.12 bits per heavy atom. The highest BCUT2D eigenvalue weighted by Crippen LogP contribution is 2.30. The van der Waals surface area contributed by atoms with E-state index in [2.05, 4.69) is 0 Å². The second kappa shape index (κ2) is 5.32. The van der Waals surface area contributed by atoms with Crippen molar-refractivity contribution in [3.8, 4) is 0 Å². The molecule has 16 heavy (non-hydrogen) atoms. The summed E-state index contributed by atoms with van der Waals surface area (Å²) in [5.41, 5.74) is -0.299. The molecule has 0 amide bonds. The Bertz CT molecular complexity index is 319. The van der Waals surface area contributed by atoms with Crippen molar-refractivity contribution in [2.24, 2.45) is 0 Å². The fourth-order valence-corrected chi connectivity index (χ4v) is 1.35. The van der Waals surface area contributed by atoms with Crippen LogP contribution >= 0.6 is 0 Å². The highest BCUT2D eigenvalue weighted by molar-refractivity contribution is 5.25. The van der Waals surface area contributed by atoms with Crippen LogP contribution in [0.1, 0.15) is 30.1 Å². The molecular weight excluding hydrogens is 221 g/mol. The van der Waals surface area contributed by atoms with Crippen LogP contribution in [0, 0.1) is 0 Å². The molecule has 0 aliphatic heterocycles. The molecule has 1 aromatic carbocycles. The third-order valence-corrected chi connectivity index (χ3v) is 2.26. The van der Waals surface area contributed by atoms with E-state index >= 15 is 0 Å². The summed E-state index contributed by atoms with van der Waals surface area (Å²) in [7, 11) is 0. The number of aliphatic hydroxyl groups is 2. The minimum atomic E-state index is -4.35. The van der Waals surface area contributed by atoms with Gasteiger partial charge >= 0.3 is 6.18 Å². The number of hydrogen-bond donors (Lipinski definition) is 2. The normalized spacial score (nSPS) is 13.8. The second-order valence-corrected chi connectivity index (χ2v) is 3.50. The molecule has 90 valence electrons. The zero-order valence-corrected chi connectivity index (χ0v) is 8.54. The molecule has 2 nitrogen and oxygen atoms in total. The smallest absolute Gasteiger partial charge is 0.396 e. The lowest BCUT2D eigenvalue weighted by molar-refractivity contribution is -0.137. The van der Waals surface area contributed by atoms with Gasteiger partial charge in [-0.3, -0.25) is 0 Å². The largest absolute Gasteiger partial charge is 0.416 e. The number of hydrogen-bond acceptors (Lipinski definition) is 2. The fourth-order valence-electron chi connectivity index (χ4n) is 1.35. The molecule has 1 atom stereocenters. The Morgan fingerprint density at radius 2 is 1.69 bits per heavy atom. The van der Waals surface area contributed by atoms with Gasteiger partial charge in [0.05, 0.1) is 11.7 Å². The maximum absolute atomic E-state index is 12.2. The summed E-state index contributed by atoms with van der Waals surface area (Å²) in [6.07, 6.45) is -4.42. The summed E-state index contributed by atoms with van der Waals surface area (Å²) in [5.74, 6) is 0. The molecule has 5 heteroatoms. The van der Waals surface area contributed by atoms with Crippen LogP contribution in [0.25, 0.3) is 0 Å². The van der Waals surface area contributed by atoms with E-state index < -0.39 is 17.8 Å². The molecule has 0 aromatic heterocycles. The molecule has 2 N–H and O–H groups in total. The van der Waals surface area contributed by atoms with Crippen LogP contribution < -0.4 is 0 Å². The predicted molar refractivity (Wildman–Crippen MR) is 52.7 cm³/mol. The summed E-state index contributed by atoms with van der Waals surface area (Å²) in [6.45, 7) is -0.0440. The van der Waals surface area contributed by atoms with Crippen molar-refractivity contribution >= 4 is 0 Å². The average Bonchev–Trinajstić information content (AvgIpc) is 2.25. The zero-order valence-electron chi connectivity index (χ0n) is 8.54. The van der Waals surface area contributed by atoms with Gasteiger partial charge < -0.3 is 10.2 Å². The number of halogens is 3. The molecule has 0 heterocycles. The van der Waals surface area contributed by atoms with E-state index in [-0.39, 0.29) is 6.61 Å². The number of aliphatic hydroxyl groups excluding tert-OH is 2. The maximum atomic E-state index is 12.2. The highest BCUT2D eigenvalue weighted by Gasteiger charge is 2.30. The standard InChI is InChI=1S/C11H13F3O2/c12-11(13,14)9-5-3-8(4-6-9)10(16)2-1-7-15/h3-6,10,15-16H,1-2,7H2/t10-/m0/s1. The van der Waals surface area contributed by atoms with Crippen molar-refractivity contribution < 1.29 is 23.4 Å². The topological polar surface area (TPSA) is 40.5 Å². The van der Waals surface area contributed by atoms with E-state index in [0.29, 0.717) is 18.4 Å². The van der Waals surface area contributed by atoms with Crippen molar-refractivity contribution in [1.82, 2.24) is 0 Å². The molecule has 1 aromatic rings. The fraction of sp³-hybridized carbons (Fsp3) is 0.455. The average molecular weight is 234 g/mol. The Morgan fingerprint density at radius 1 is 1.12 bits per heavy atom. The van der Waals surface area contributed by atoms with Crippen LogP contribution in [0.3, 0.4) is 0 Å². The van der Waals surface area contributed by atoms with Crippen LogP contribution in [0.15, 0.2) is 24.3 Å². The van der Waals surface area contributed by atoms with E-state index in [1.54, 1.807) is 0 Å². The van der Waals surface area contributed by atoms with E-state index in [4.69, 9.17) is 5.11 Å². The molecule has 0 aliphatic carbocycles. The van der Waals surface area contributed by atoms with E-state index in [1.807, 2.05) is 0 Å². The molecule has 0 fully saturated rings. The van der Waals surface area contributed by atoms with Crippen molar-refractivity contribution in [2.75, 3.05) is 6.61 Å². The van der Waals surface area contributed by atoms with Gasteiger partial charge in [0.1, 0.15) is 0 Å². The number of rotatable bonds is 4. The summed E-state index contributed by atoms with van der Waals surface area (Å²) in [6, 6.07) is 4.39. The molecule has 1 rings (SSSR count). The van der Waals surface area contributed by atoms with Crippen LogP contribution in [-0.4, -0.2) is 16.8 Å². The molecule has 0 spiro atoms. The first-order valence-corrected chi connectivity index (χ1v) is 4.91. The van der Waals surface area contributed by atoms with Gasteiger partial charge in [-0.25, -0.2) is 0 Å². The Kier molecular flexibility index (Phi) is 4.32. The Labute approximate surface area is 91.3 Å². The summed E-state index contributed by atoms with van der Waals surface area (Å²) in [4.78, 5) is 0. The van der Waals surface area contributed by atoms with Gasteiger partial charge in [0.25, 0.3) is 0 Å². The third-order valence-electron chi connectivity index (χ3n) is 2.26. The third kappa shape index (κ3) is 3.50. The van der Waals surface area contributed by atoms with Gasteiger partial charge in [-0.05, 0) is 30.5 Å². The van der Waals surface area contributed by atoms with Gasteiger partial charge in [-0.2, -0.15) is 13.2 Å². The van der Waals surface area contributed by atoms with Crippen LogP contribution in [0.4, 0.5) is 13.2 Å². The molecule has 0 saturated carbocycles. The first-order valence-electron chi connectivity index (χ1n) is 4.91. The van der Waals surface area contributed by atoms with Crippen molar-refractivity contribution in [1.29, 1.82) is 0 Å². The molecular formula is C11H13F3O2. The van der Waals surface area contributed by atoms with Gasteiger partial charge in [-0.15, -0.1) is 0 Å². The maximum Gasteiger partial charge on any atom is 0.416 e. The van der Waals surface area contributed by atoms with Crippen molar-refractivity contribution in [2.45, 2.75) is 25.1 Å². The van der Waals surface area contributed by atoms with Gasteiger partial charge in [0.15, 0.2) is 0 Å². The molecule has 0 unspecified atom stereocenters. The SMILES string of the molecule is OCCC[C@H](O)c1ccc(C(F)(F)F)cc1. The molecule has 0 radical (unpaired) electrons. The summed E-state index contributed by atoms with van der Waals surface area (Å²) < 4.78 is 36.7. The van der Waals surface area contributed by atoms with E-state index in [0.717, 1.165) is 12.1 Å². The van der Waals surface area contributed by atoms with Crippen molar-refractivity contribution in [3.63, 3.8) is 0 Å². The first-order chi connectivity index (χ1) is 7.45. The number of alkyl halides is 3. The van der Waals surface area contributed by atoms with Crippen LogP contribution in [0.2, 0.25) is 0 Å². The Balaban J connectivity index is 2.71. The molecule has 0 bridgehead atoms. The lowest BCUT2D eigenvalue weighted by Gasteiger charge is -2.12. The minimum Gasteiger partial charge on any atom is -0.396 e. The quantitative estimate of drug-likeness (QED) is 0.840. The van der Waals surface area contributed by atoms with Crippen LogP contribution in [-0.2, 0) is 6.18 Å². The Hall–Kier alpha value is -1.07. The molecule has 0 saturated heterocycles. The van der Waals surface area contributed by atoms with Crippen molar-refractivity contribution in [3.05, 3.63) is 35.4 Å². The lowest BCUT2D eigenvalue weighted by Crippen LogP contribution is -2.05. The zero-order chi connectivity index (χ0) is 12.2. The van der Waals surface area contributed by atoms with Gasteiger partial charge in [0, 0.05) is 6.61 Å².